The molecule has 1 aromatic carbocycles. The Morgan fingerprint density at radius 2 is 1.94 bits per heavy atom. The number of hydrogen-bond donors (Lipinski definition) is 2. The molecule has 0 aliphatic heterocycles. The quantitative estimate of drug-likeness (QED) is 0.611. The van der Waals surface area contributed by atoms with Crippen molar-refractivity contribution in [1.29, 1.82) is 0 Å². The number of nitrogen functional groups attached to an aromatic ring is 1. The van der Waals surface area contributed by atoms with E-state index in [9.17, 15) is 8.42 Å². The molecule has 17 heavy (non-hydrogen) atoms. The average molecular weight is 275 g/mol. The van der Waals surface area contributed by atoms with Gasteiger partial charge in [-0.25, -0.2) is 4.68 Å². The fraction of sp³-hybridized carbons (Fsp3) is 0. The SMILES string of the molecule is Nn1c(-c2ccccc2Cl)nnc1S(=O)(=O)O. The Hall–Kier alpha value is -1.64. The molecule has 0 saturated carbocycles. The van der Waals surface area contributed by atoms with E-state index < -0.39 is 15.3 Å². The van der Waals surface area contributed by atoms with Gasteiger partial charge < -0.3 is 5.84 Å². The molecular weight excluding hydrogens is 268 g/mol. The molecule has 0 aliphatic rings. The molecule has 0 fully saturated rings. The first kappa shape index (κ1) is 11.8. The normalized spacial score (nSPS) is 11.6. The molecule has 0 unspecified atom stereocenters. The van der Waals surface area contributed by atoms with Gasteiger partial charge in [-0.05, 0) is 12.1 Å². The van der Waals surface area contributed by atoms with Crippen LogP contribution in [0, 0.1) is 0 Å². The number of hydrogen-bond acceptors (Lipinski definition) is 5. The fourth-order valence-corrected chi connectivity index (χ4v) is 1.98. The summed E-state index contributed by atoms with van der Waals surface area (Å²) >= 11 is 5.91. The zero-order valence-electron chi connectivity index (χ0n) is 8.28. The van der Waals surface area contributed by atoms with Crippen LogP contribution >= 0.6 is 11.6 Å². The Labute approximate surface area is 102 Å². The van der Waals surface area contributed by atoms with Crippen LogP contribution in [0.4, 0.5) is 0 Å². The Morgan fingerprint density at radius 3 is 2.47 bits per heavy atom. The van der Waals surface area contributed by atoms with Crippen molar-refractivity contribution in [2.75, 3.05) is 5.84 Å². The van der Waals surface area contributed by atoms with Crippen LogP contribution in [-0.2, 0) is 10.1 Å². The maximum atomic E-state index is 10.9. The first-order valence-corrected chi connectivity index (χ1v) is 6.16. The monoisotopic (exact) mass is 274 g/mol. The van der Waals surface area contributed by atoms with Gasteiger partial charge in [-0.3, -0.25) is 4.55 Å². The zero-order valence-corrected chi connectivity index (χ0v) is 9.85. The molecule has 2 aromatic rings. The van der Waals surface area contributed by atoms with Crippen LogP contribution in [0.3, 0.4) is 0 Å². The van der Waals surface area contributed by atoms with E-state index >= 15 is 0 Å². The minimum absolute atomic E-state index is 0.0447. The largest absolute Gasteiger partial charge is 0.335 e. The summed E-state index contributed by atoms with van der Waals surface area (Å²) in [6, 6.07) is 6.58. The summed E-state index contributed by atoms with van der Waals surface area (Å²) in [5.41, 5.74) is 0.416. The lowest BCUT2D eigenvalue weighted by Crippen LogP contribution is -2.17. The van der Waals surface area contributed by atoms with Crippen molar-refractivity contribution in [3.63, 3.8) is 0 Å². The average Bonchev–Trinajstić information content (AvgIpc) is 2.60. The van der Waals surface area contributed by atoms with Crippen molar-refractivity contribution in [3.05, 3.63) is 29.3 Å². The third-order valence-corrected chi connectivity index (χ3v) is 3.08. The fourth-order valence-electron chi connectivity index (χ4n) is 1.28. The molecule has 0 atom stereocenters. The van der Waals surface area contributed by atoms with Gasteiger partial charge in [0.2, 0.25) is 0 Å². The van der Waals surface area contributed by atoms with Crippen molar-refractivity contribution in [3.8, 4) is 11.4 Å². The Morgan fingerprint density at radius 1 is 1.29 bits per heavy atom. The second kappa shape index (κ2) is 3.99. The molecule has 0 bridgehead atoms. The summed E-state index contributed by atoms with van der Waals surface area (Å²) in [5.74, 6) is 5.53. The van der Waals surface area contributed by atoms with E-state index in [2.05, 4.69) is 10.2 Å². The number of aromatic nitrogens is 3. The van der Waals surface area contributed by atoms with Crippen molar-refractivity contribution < 1.29 is 13.0 Å². The molecule has 3 N–H and O–H groups in total. The highest BCUT2D eigenvalue weighted by Crippen LogP contribution is 2.25. The minimum atomic E-state index is -4.51. The standard InChI is InChI=1S/C8H7ClN4O3S/c9-6-4-2-1-3-5(6)7-11-12-8(13(7)10)17(14,15)16/h1-4H,10H2,(H,14,15,16). The summed E-state index contributed by atoms with van der Waals surface area (Å²) in [4.78, 5) is 0. The van der Waals surface area contributed by atoms with Gasteiger partial charge in [0.05, 0.1) is 5.02 Å². The van der Waals surface area contributed by atoms with Gasteiger partial charge in [-0.1, -0.05) is 23.7 Å². The molecule has 7 nitrogen and oxygen atoms in total. The van der Waals surface area contributed by atoms with Crippen LogP contribution < -0.4 is 5.84 Å². The van der Waals surface area contributed by atoms with Gasteiger partial charge in [0.1, 0.15) is 0 Å². The van der Waals surface area contributed by atoms with E-state index in [-0.39, 0.29) is 5.82 Å². The van der Waals surface area contributed by atoms with E-state index in [0.717, 1.165) is 0 Å². The highest BCUT2D eigenvalue weighted by Gasteiger charge is 2.22. The molecule has 0 spiro atoms. The Balaban J connectivity index is 2.64. The van der Waals surface area contributed by atoms with Crippen LogP contribution in [0.1, 0.15) is 0 Å². The Bertz CT molecular complexity index is 667. The summed E-state index contributed by atoms with van der Waals surface area (Å²) in [6.07, 6.45) is 0. The summed E-state index contributed by atoms with van der Waals surface area (Å²) in [7, 11) is -4.51. The van der Waals surface area contributed by atoms with E-state index in [0.29, 0.717) is 15.3 Å². The minimum Gasteiger partial charge on any atom is -0.335 e. The van der Waals surface area contributed by atoms with Crippen LogP contribution in [-0.4, -0.2) is 27.8 Å². The van der Waals surface area contributed by atoms with E-state index in [1.807, 2.05) is 0 Å². The molecule has 90 valence electrons. The van der Waals surface area contributed by atoms with Crippen molar-refractivity contribution in [2.24, 2.45) is 0 Å². The highest BCUT2D eigenvalue weighted by atomic mass is 35.5. The maximum absolute atomic E-state index is 10.9. The van der Waals surface area contributed by atoms with Crippen molar-refractivity contribution in [2.45, 2.75) is 5.16 Å². The summed E-state index contributed by atoms with van der Waals surface area (Å²) < 4.78 is 31.3. The number of nitrogens with two attached hydrogens (primary N) is 1. The van der Waals surface area contributed by atoms with Crippen molar-refractivity contribution in [1.82, 2.24) is 14.9 Å². The molecule has 9 heteroatoms. The molecule has 0 amide bonds. The lowest BCUT2D eigenvalue weighted by Gasteiger charge is -2.03. The summed E-state index contributed by atoms with van der Waals surface area (Å²) in [6.45, 7) is 0. The smallest absolute Gasteiger partial charge is 0.332 e. The van der Waals surface area contributed by atoms with Gasteiger partial charge in [0.25, 0.3) is 5.16 Å². The molecular formula is C8H7ClN4O3S. The molecule has 0 aliphatic carbocycles. The second-order valence-corrected chi connectivity index (χ2v) is 4.85. The number of nitrogens with zero attached hydrogens (tertiary/aromatic N) is 3. The third kappa shape index (κ3) is 2.09. The zero-order chi connectivity index (χ0) is 12.6. The van der Waals surface area contributed by atoms with Gasteiger partial charge in [-0.2, -0.15) is 8.42 Å². The van der Waals surface area contributed by atoms with Crippen LogP contribution in [0.2, 0.25) is 5.02 Å². The lowest BCUT2D eigenvalue weighted by atomic mass is 10.2. The lowest BCUT2D eigenvalue weighted by molar-refractivity contribution is 0.470. The number of rotatable bonds is 2. The Kier molecular flexibility index (Phi) is 2.77. The predicted molar refractivity (Wildman–Crippen MR) is 60.4 cm³/mol. The van der Waals surface area contributed by atoms with Crippen LogP contribution in [0.5, 0.6) is 0 Å². The van der Waals surface area contributed by atoms with Crippen LogP contribution in [0.15, 0.2) is 29.4 Å². The van der Waals surface area contributed by atoms with Gasteiger partial charge in [-0.15, -0.1) is 10.2 Å². The van der Waals surface area contributed by atoms with Gasteiger partial charge in [0.15, 0.2) is 5.82 Å². The molecule has 0 saturated heterocycles. The van der Waals surface area contributed by atoms with E-state index in [4.69, 9.17) is 22.0 Å². The number of benzene rings is 1. The third-order valence-electron chi connectivity index (χ3n) is 2.01. The molecule has 0 radical (unpaired) electrons. The molecule has 1 aromatic heterocycles. The first-order valence-electron chi connectivity index (χ1n) is 4.34. The molecule has 2 rings (SSSR count). The van der Waals surface area contributed by atoms with Gasteiger partial charge >= 0.3 is 10.1 Å². The number of halogens is 1. The van der Waals surface area contributed by atoms with E-state index in [1.54, 1.807) is 24.3 Å². The van der Waals surface area contributed by atoms with Crippen LogP contribution in [0.25, 0.3) is 11.4 Å². The van der Waals surface area contributed by atoms with Gasteiger partial charge in [0, 0.05) is 5.56 Å². The van der Waals surface area contributed by atoms with E-state index in [1.165, 1.54) is 0 Å². The first-order chi connectivity index (χ1) is 7.91. The second-order valence-electron chi connectivity index (χ2n) is 3.13. The highest BCUT2D eigenvalue weighted by molar-refractivity contribution is 7.85. The predicted octanol–water partition coefficient (Wildman–Crippen LogP) is 0.559. The topological polar surface area (TPSA) is 111 Å². The van der Waals surface area contributed by atoms with Crippen molar-refractivity contribution >= 4 is 21.7 Å². The maximum Gasteiger partial charge on any atom is 0.332 e. The molecule has 1 heterocycles. The summed E-state index contributed by atoms with van der Waals surface area (Å²) in [5, 5.41) is 6.47.